The Bertz CT molecular complexity index is 546. The monoisotopic (exact) mass is 306 g/mol. The van der Waals surface area contributed by atoms with Crippen LogP contribution in [-0.4, -0.2) is 34.4 Å². The van der Waals surface area contributed by atoms with Gasteiger partial charge in [0.1, 0.15) is 5.56 Å². The van der Waals surface area contributed by atoms with E-state index < -0.39 is 42.0 Å². The molecule has 0 aliphatic carbocycles. The normalized spacial score (nSPS) is 12.6. The number of phenols is 1. The minimum Gasteiger partial charge on any atom is -0.505 e. The van der Waals surface area contributed by atoms with Crippen molar-refractivity contribution in [3.8, 4) is 5.75 Å². The molecule has 0 saturated heterocycles. The van der Waals surface area contributed by atoms with Crippen molar-refractivity contribution in [1.82, 2.24) is 5.32 Å². The van der Waals surface area contributed by atoms with Gasteiger partial charge in [0.25, 0.3) is 0 Å². The highest BCUT2D eigenvalue weighted by molar-refractivity contribution is 5.97. The molecule has 0 saturated carbocycles. The molecule has 21 heavy (non-hydrogen) atoms. The number of benzene rings is 1. The van der Waals surface area contributed by atoms with E-state index in [4.69, 9.17) is 5.11 Å². The van der Waals surface area contributed by atoms with E-state index in [1.54, 1.807) is 0 Å². The van der Waals surface area contributed by atoms with Gasteiger partial charge in [-0.15, -0.1) is 0 Å². The number of amides is 2. The molecule has 0 bridgehead atoms. The van der Waals surface area contributed by atoms with Crippen LogP contribution in [0.3, 0.4) is 0 Å². The molecule has 9 heteroatoms. The van der Waals surface area contributed by atoms with Gasteiger partial charge < -0.3 is 20.8 Å². The number of para-hydroxylation sites is 1. The number of aromatic carboxylic acids is 1. The minimum absolute atomic E-state index is 0.216. The van der Waals surface area contributed by atoms with Crippen molar-refractivity contribution in [3.05, 3.63) is 23.8 Å². The molecule has 0 aliphatic rings. The van der Waals surface area contributed by atoms with E-state index in [1.807, 2.05) is 5.32 Å². The SMILES string of the molecule is CC(CC(F)(F)F)NC(=O)Nc1cccc(C(=O)O)c1O. The first-order chi connectivity index (χ1) is 9.60. The summed E-state index contributed by atoms with van der Waals surface area (Å²) in [4.78, 5) is 22.3. The molecule has 0 radical (unpaired) electrons. The number of rotatable bonds is 4. The molecule has 0 fully saturated rings. The Hall–Kier alpha value is -2.45. The zero-order chi connectivity index (χ0) is 16.2. The molecular weight excluding hydrogens is 293 g/mol. The van der Waals surface area contributed by atoms with Gasteiger partial charge >= 0.3 is 18.2 Å². The van der Waals surface area contributed by atoms with Crippen LogP contribution in [-0.2, 0) is 0 Å². The molecule has 1 aromatic rings. The first-order valence-electron chi connectivity index (χ1n) is 5.79. The van der Waals surface area contributed by atoms with Gasteiger partial charge in [0.15, 0.2) is 5.75 Å². The van der Waals surface area contributed by atoms with Crippen LogP contribution < -0.4 is 10.6 Å². The van der Waals surface area contributed by atoms with Gasteiger partial charge in [-0.25, -0.2) is 9.59 Å². The lowest BCUT2D eigenvalue weighted by atomic mass is 10.1. The number of hydrogen-bond donors (Lipinski definition) is 4. The number of nitrogens with one attached hydrogen (secondary N) is 2. The predicted molar refractivity (Wildman–Crippen MR) is 67.4 cm³/mol. The summed E-state index contributed by atoms with van der Waals surface area (Å²) in [5.74, 6) is -2.08. The van der Waals surface area contributed by atoms with E-state index in [1.165, 1.54) is 19.1 Å². The molecule has 0 aliphatic heterocycles. The molecule has 1 rings (SSSR count). The van der Waals surface area contributed by atoms with Crippen molar-refractivity contribution in [2.24, 2.45) is 0 Å². The molecule has 4 N–H and O–H groups in total. The molecule has 2 amide bonds. The highest BCUT2D eigenvalue weighted by Gasteiger charge is 2.30. The molecule has 0 spiro atoms. The molecule has 6 nitrogen and oxygen atoms in total. The molecule has 1 unspecified atom stereocenters. The van der Waals surface area contributed by atoms with E-state index in [0.29, 0.717) is 0 Å². The van der Waals surface area contributed by atoms with Crippen LogP contribution in [0.2, 0.25) is 0 Å². The molecule has 0 heterocycles. The number of urea groups is 1. The number of carboxylic acid groups (broad SMARTS) is 1. The summed E-state index contributed by atoms with van der Waals surface area (Å²) in [6.45, 7) is 1.17. The van der Waals surface area contributed by atoms with Crippen molar-refractivity contribution < 1.29 is 33.0 Å². The van der Waals surface area contributed by atoms with Gasteiger partial charge in [0, 0.05) is 6.04 Å². The number of aromatic hydroxyl groups is 1. The Morgan fingerprint density at radius 2 is 1.95 bits per heavy atom. The smallest absolute Gasteiger partial charge is 0.391 e. The second-order valence-corrected chi connectivity index (χ2v) is 4.33. The lowest BCUT2D eigenvalue weighted by molar-refractivity contribution is -0.138. The number of carbonyl (C=O) groups is 2. The Morgan fingerprint density at radius 3 is 2.48 bits per heavy atom. The summed E-state index contributed by atoms with van der Waals surface area (Å²) >= 11 is 0. The van der Waals surface area contributed by atoms with Crippen molar-refractivity contribution in [1.29, 1.82) is 0 Å². The second-order valence-electron chi connectivity index (χ2n) is 4.33. The van der Waals surface area contributed by atoms with Crippen LogP contribution in [0.25, 0.3) is 0 Å². The number of carbonyl (C=O) groups excluding carboxylic acids is 1. The van der Waals surface area contributed by atoms with Crippen molar-refractivity contribution in [2.45, 2.75) is 25.6 Å². The molecule has 116 valence electrons. The van der Waals surface area contributed by atoms with E-state index >= 15 is 0 Å². The molecule has 0 aromatic heterocycles. The summed E-state index contributed by atoms with van der Waals surface area (Å²) in [6.07, 6.45) is -5.63. The fraction of sp³-hybridized carbons (Fsp3) is 0.333. The maximum atomic E-state index is 12.1. The summed E-state index contributed by atoms with van der Waals surface area (Å²) in [5.41, 5.74) is -0.650. The maximum absolute atomic E-state index is 12.1. The van der Waals surface area contributed by atoms with Crippen LogP contribution in [0.1, 0.15) is 23.7 Å². The molecule has 1 aromatic carbocycles. The van der Waals surface area contributed by atoms with Gasteiger partial charge in [0.2, 0.25) is 0 Å². The average molecular weight is 306 g/mol. The largest absolute Gasteiger partial charge is 0.505 e. The zero-order valence-corrected chi connectivity index (χ0v) is 10.9. The lowest BCUT2D eigenvalue weighted by Gasteiger charge is -2.16. The van der Waals surface area contributed by atoms with Crippen molar-refractivity contribution in [3.63, 3.8) is 0 Å². The van der Waals surface area contributed by atoms with Gasteiger partial charge in [-0.1, -0.05) is 6.07 Å². The fourth-order valence-corrected chi connectivity index (χ4v) is 1.60. The van der Waals surface area contributed by atoms with E-state index in [0.717, 1.165) is 6.07 Å². The van der Waals surface area contributed by atoms with Crippen molar-refractivity contribution in [2.75, 3.05) is 5.32 Å². The second kappa shape index (κ2) is 6.33. The number of alkyl halides is 3. The van der Waals surface area contributed by atoms with Gasteiger partial charge in [0.05, 0.1) is 12.1 Å². The number of hydrogen-bond acceptors (Lipinski definition) is 3. The quantitative estimate of drug-likeness (QED) is 0.642. The number of anilines is 1. The minimum atomic E-state index is -4.42. The third-order valence-corrected chi connectivity index (χ3v) is 2.43. The molecular formula is C12H13F3N2O4. The summed E-state index contributed by atoms with van der Waals surface area (Å²) in [6, 6.07) is 1.46. The first kappa shape index (κ1) is 16.6. The summed E-state index contributed by atoms with van der Waals surface area (Å²) in [5, 5.41) is 22.5. The summed E-state index contributed by atoms with van der Waals surface area (Å²) < 4.78 is 36.3. The van der Waals surface area contributed by atoms with E-state index in [9.17, 15) is 27.9 Å². The van der Waals surface area contributed by atoms with Crippen LogP contribution in [0, 0.1) is 0 Å². The van der Waals surface area contributed by atoms with Crippen molar-refractivity contribution >= 4 is 17.7 Å². The third-order valence-electron chi connectivity index (χ3n) is 2.43. The Morgan fingerprint density at radius 1 is 1.33 bits per heavy atom. The Labute approximate surface area is 117 Å². The highest BCUT2D eigenvalue weighted by Crippen LogP contribution is 2.27. The number of halogens is 3. The standard InChI is InChI=1S/C12H13F3N2O4/c1-6(5-12(13,14)15)16-11(21)17-8-4-2-3-7(9(8)18)10(19)20/h2-4,6,18H,5H2,1H3,(H,19,20)(H2,16,17,21). The summed E-state index contributed by atoms with van der Waals surface area (Å²) in [7, 11) is 0. The van der Waals surface area contributed by atoms with Gasteiger partial charge in [-0.05, 0) is 19.1 Å². The number of carboxylic acids is 1. The third kappa shape index (κ3) is 5.21. The predicted octanol–water partition coefficient (Wildman–Crippen LogP) is 2.55. The Balaban J connectivity index is 2.72. The average Bonchev–Trinajstić information content (AvgIpc) is 2.28. The van der Waals surface area contributed by atoms with E-state index in [2.05, 4.69) is 5.32 Å². The highest BCUT2D eigenvalue weighted by atomic mass is 19.4. The topological polar surface area (TPSA) is 98.7 Å². The van der Waals surface area contributed by atoms with Crippen LogP contribution in [0.4, 0.5) is 23.7 Å². The molecule has 1 atom stereocenters. The van der Waals surface area contributed by atoms with Gasteiger partial charge in [-0.3, -0.25) is 0 Å². The van der Waals surface area contributed by atoms with Crippen LogP contribution >= 0.6 is 0 Å². The van der Waals surface area contributed by atoms with Gasteiger partial charge in [-0.2, -0.15) is 13.2 Å². The lowest BCUT2D eigenvalue weighted by Crippen LogP contribution is -2.38. The fourth-order valence-electron chi connectivity index (χ4n) is 1.60. The first-order valence-corrected chi connectivity index (χ1v) is 5.79. The Kier molecular flexibility index (Phi) is 5.01. The van der Waals surface area contributed by atoms with E-state index in [-0.39, 0.29) is 5.69 Å². The van der Waals surface area contributed by atoms with Crippen LogP contribution in [0.5, 0.6) is 5.75 Å². The van der Waals surface area contributed by atoms with Crippen LogP contribution in [0.15, 0.2) is 18.2 Å². The maximum Gasteiger partial charge on any atom is 0.391 e. The zero-order valence-electron chi connectivity index (χ0n) is 10.9.